The number of hydrogen-bond donors (Lipinski definition) is 6. The van der Waals surface area contributed by atoms with Crippen molar-refractivity contribution in [3.05, 3.63) is 59.8 Å². The summed E-state index contributed by atoms with van der Waals surface area (Å²) in [5, 5.41) is 5.50. The highest BCUT2D eigenvalue weighted by atomic mass is 16.2. The second-order valence-electron chi connectivity index (χ2n) is 10.8. The maximum atomic E-state index is 13.7. The van der Waals surface area contributed by atoms with Crippen molar-refractivity contribution in [2.45, 2.75) is 82.5 Å². The maximum Gasteiger partial charge on any atom is 0.256 e. The van der Waals surface area contributed by atoms with Crippen LogP contribution in [0, 0.1) is 0 Å². The number of rotatable bonds is 14. The lowest BCUT2D eigenvalue weighted by atomic mass is 9.92. The van der Waals surface area contributed by atoms with Gasteiger partial charge in [-0.25, -0.2) is 4.98 Å². The van der Waals surface area contributed by atoms with Crippen LogP contribution < -0.4 is 33.6 Å². The van der Waals surface area contributed by atoms with Gasteiger partial charge in [-0.15, -0.1) is 0 Å². The van der Waals surface area contributed by atoms with Crippen LogP contribution in [0.3, 0.4) is 0 Å². The van der Waals surface area contributed by atoms with Crippen LogP contribution in [0.4, 0.5) is 5.82 Å². The van der Waals surface area contributed by atoms with E-state index in [2.05, 4.69) is 20.6 Å². The largest absolute Gasteiger partial charge is 0.384 e. The van der Waals surface area contributed by atoms with E-state index in [0.29, 0.717) is 12.0 Å². The van der Waals surface area contributed by atoms with Crippen LogP contribution >= 0.6 is 0 Å². The molecule has 0 aliphatic heterocycles. The first kappa shape index (κ1) is 32.8. The van der Waals surface area contributed by atoms with Crippen LogP contribution in [0.15, 0.2) is 53.7 Å². The minimum atomic E-state index is -1.04. The third-order valence-corrected chi connectivity index (χ3v) is 7.55. The van der Waals surface area contributed by atoms with E-state index in [1.807, 2.05) is 30.3 Å². The molecule has 0 spiro atoms. The molecule has 1 heterocycles. The van der Waals surface area contributed by atoms with Crippen molar-refractivity contribution >= 4 is 35.4 Å². The van der Waals surface area contributed by atoms with E-state index in [0.717, 1.165) is 37.7 Å². The van der Waals surface area contributed by atoms with Gasteiger partial charge in [0.2, 0.25) is 17.7 Å². The Hall–Kier alpha value is -4.68. The Morgan fingerprint density at radius 3 is 2.23 bits per heavy atom. The zero-order chi connectivity index (χ0) is 31.4. The number of benzene rings is 1. The first-order valence-corrected chi connectivity index (χ1v) is 14.6. The van der Waals surface area contributed by atoms with Gasteiger partial charge in [-0.3, -0.25) is 24.2 Å². The Kier molecular flexibility index (Phi) is 12.3. The lowest BCUT2D eigenvalue weighted by molar-refractivity contribution is -0.133. The molecule has 2 aromatic rings. The molecule has 3 atom stereocenters. The fourth-order valence-electron chi connectivity index (χ4n) is 5.23. The quantitative estimate of drug-likeness (QED) is 0.103. The van der Waals surface area contributed by atoms with Gasteiger partial charge < -0.3 is 38.5 Å². The average molecular weight is 594 g/mol. The number of amides is 4. The smallest absolute Gasteiger partial charge is 0.256 e. The molecule has 1 aliphatic carbocycles. The second-order valence-corrected chi connectivity index (χ2v) is 10.8. The standard InChI is InChI=1S/C30H43N9O4/c1-19(39(22-11-6-3-7-12-22)29(43)21-14-15-25(31)36-18-21)27(41)37-23(13-8-16-35-30(33)34)28(42)38-24(26(32)40)17-20-9-4-2-5-10-20/h2,4-5,9-10,14-15,18-19,22-24H,3,6-8,11-13,16-17H2,1H3,(H2,31,36)(H2,32,40)(H,37,41)(H,38,42)(H4,33,34,35)/t19-,23-,24-/m0/s1. The van der Waals surface area contributed by atoms with E-state index in [4.69, 9.17) is 22.9 Å². The zero-order valence-electron chi connectivity index (χ0n) is 24.6. The van der Waals surface area contributed by atoms with Gasteiger partial charge in [0.25, 0.3) is 5.91 Å². The van der Waals surface area contributed by atoms with Crippen LogP contribution in [0.2, 0.25) is 0 Å². The number of pyridine rings is 1. The van der Waals surface area contributed by atoms with Crippen LogP contribution in [-0.4, -0.2) is 70.2 Å². The average Bonchev–Trinajstić information content (AvgIpc) is 2.99. The Morgan fingerprint density at radius 2 is 1.63 bits per heavy atom. The number of guanidine groups is 1. The van der Waals surface area contributed by atoms with E-state index in [9.17, 15) is 19.2 Å². The molecule has 3 rings (SSSR count). The fourth-order valence-corrected chi connectivity index (χ4v) is 5.23. The monoisotopic (exact) mass is 593 g/mol. The lowest BCUT2D eigenvalue weighted by Gasteiger charge is -2.38. The number of nitrogen functional groups attached to an aromatic ring is 1. The van der Waals surface area contributed by atoms with Crippen molar-refractivity contribution in [3.63, 3.8) is 0 Å². The summed E-state index contributed by atoms with van der Waals surface area (Å²) in [6.45, 7) is 1.88. The molecule has 0 bridgehead atoms. The van der Waals surface area contributed by atoms with Crippen molar-refractivity contribution in [2.75, 3.05) is 12.3 Å². The van der Waals surface area contributed by atoms with Crippen LogP contribution in [-0.2, 0) is 20.8 Å². The summed E-state index contributed by atoms with van der Waals surface area (Å²) in [5.74, 6) is -1.95. The number of aromatic nitrogens is 1. The summed E-state index contributed by atoms with van der Waals surface area (Å²) < 4.78 is 0. The minimum absolute atomic E-state index is 0.0888. The van der Waals surface area contributed by atoms with Gasteiger partial charge in [0.15, 0.2) is 5.96 Å². The highest BCUT2D eigenvalue weighted by Crippen LogP contribution is 2.26. The van der Waals surface area contributed by atoms with Gasteiger partial charge in [0, 0.05) is 25.2 Å². The fraction of sp³-hybridized carbons (Fsp3) is 0.467. The van der Waals surface area contributed by atoms with E-state index >= 15 is 0 Å². The number of hydrogen-bond acceptors (Lipinski definition) is 7. The Morgan fingerprint density at radius 1 is 0.953 bits per heavy atom. The lowest BCUT2D eigenvalue weighted by Crippen LogP contribution is -2.58. The Bertz CT molecular complexity index is 1260. The van der Waals surface area contributed by atoms with E-state index in [1.165, 1.54) is 6.20 Å². The van der Waals surface area contributed by atoms with Crippen molar-refractivity contribution in [1.29, 1.82) is 0 Å². The summed E-state index contributed by atoms with van der Waals surface area (Å²) in [4.78, 5) is 62.7. The normalized spacial score (nSPS) is 15.4. The summed E-state index contributed by atoms with van der Waals surface area (Å²) in [6.07, 6.45) is 6.58. The number of carbonyl (C=O) groups is 4. The van der Waals surface area contributed by atoms with Gasteiger partial charge >= 0.3 is 0 Å². The highest BCUT2D eigenvalue weighted by Gasteiger charge is 2.35. The molecule has 43 heavy (non-hydrogen) atoms. The summed E-state index contributed by atoms with van der Waals surface area (Å²) in [5.41, 5.74) is 23.3. The van der Waals surface area contributed by atoms with E-state index in [1.54, 1.807) is 24.0 Å². The molecule has 1 aliphatic rings. The zero-order valence-corrected chi connectivity index (χ0v) is 24.6. The van der Waals surface area contributed by atoms with Gasteiger partial charge in [0.1, 0.15) is 23.9 Å². The molecule has 13 heteroatoms. The number of primary amides is 1. The Balaban J connectivity index is 1.81. The Labute approximate surface area is 251 Å². The predicted octanol–water partition coefficient (Wildman–Crippen LogP) is 0.578. The van der Waals surface area contributed by atoms with Gasteiger partial charge in [-0.1, -0.05) is 49.6 Å². The van der Waals surface area contributed by atoms with Crippen molar-refractivity contribution in [3.8, 4) is 0 Å². The molecular weight excluding hydrogens is 550 g/mol. The third-order valence-electron chi connectivity index (χ3n) is 7.55. The third kappa shape index (κ3) is 9.97. The topological polar surface area (TPSA) is 225 Å². The summed E-state index contributed by atoms with van der Waals surface area (Å²) in [7, 11) is 0. The van der Waals surface area contributed by atoms with Crippen LogP contribution in [0.1, 0.15) is 67.8 Å². The predicted molar refractivity (Wildman–Crippen MR) is 164 cm³/mol. The maximum absolute atomic E-state index is 13.7. The second kappa shape index (κ2) is 16.1. The van der Waals surface area contributed by atoms with Gasteiger partial charge in [-0.05, 0) is 50.3 Å². The number of nitrogens with zero attached hydrogens (tertiary/aromatic N) is 3. The summed E-state index contributed by atoms with van der Waals surface area (Å²) >= 11 is 0. The van der Waals surface area contributed by atoms with Crippen LogP contribution in [0.25, 0.3) is 0 Å². The molecule has 13 nitrogen and oxygen atoms in total. The number of nitrogens with two attached hydrogens (primary N) is 4. The molecule has 1 saturated carbocycles. The molecule has 1 aromatic carbocycles. The molecule has 10 N–H and O–H groups in total. The molecule has 0 radical (unpaired) electrons. The molecule has 232 valence electrons. The first-order valence-electron chi connectivity index (χ1n) is 14.6. The number of carbonyl (C=O) groups excluding carboxylic acids is 4. The highest BCUT2D eigenvalue weighted by molar-refractivity contribution is 5.98. The number of anilines is 1. The van der Waals surface area contributed by atoms with Crippen molar-refractivity contribution < 1.29 is 19.2 Å². The van der Waals surface area contributed by atoms with Crippen molar-refractivity contribution in [2.24, 2.45) is 22.2 Å². The molecular formula is C30H43N9O4. The molecule has 0 saturated heterocycles. The van der Waals surface area contributed by atoms with E-state index < -0.39 is 35.8 Å². The molecule has 0 unspecified atom stereocenters. The summed E-state index contributed by atoms with van der Waals surface area (Å²) in [6, 6.07) is 9.17. The minimum Gasteiger partial charge on any atom is -0.384 e. The van der Waals surface area contributed by atoms with Gasteiger partial charge in [-0.2, -0.15) is 0 Å². The van der Waals surface area contributed by atoms with E-state index in [-0.39, 0.29) is 43.1 Å². The molecule has 1 fully saturated rings. The molecule has 4 amide bonds. The number of aliphatic imine (C=N–C) groups is 1. The number of nitrogens with one attached hydrogen (secondary N) is 2. The SMILES string of the molecule is C[C@@H](C(=O)N[C@@H](CCCN=C(N)N)C(=O)N[C@@H](Cc1ccccc1)C(N)=O)N(C(=O)c1ccc(N)nc1)C1CCCCC1. The molecule has 1 aromatic heterocycles. The van der Waals surface area contributed by atoms with Crippen molar-refractivity contribution in [1.82, 2.24) is 20.5 Å². The van der Waals surface area contributed by atoms with Gasteiger partial charge in [0.05, 0.1) is 5.56 Å². The van der Waals surface area contributed by atoms with Crippen LogP contribution in [0.5, 0.6) is 0 Å². The first-order chi connectivity index (χ1) is 20.6.